The number of amides is 1. The van der Waals surface area contributed by atoms with E-state index >= 15 is 0 Å². The molecule has 0 radical (unpaired) electrons. The molecule has 32 heavy (non-hydrogen) atoms. The van der Waals surface area contributed by atoms with Gasteiger partial charge in [0, 0.05) is 29.6 Å². The number of aromatic nitrogens is 1. The number of likely N-dealkylation sites (tertiary alicyclic amines) is 1. The van der Waals surface area contributed by atoms with Gasteiger partial charge in [-0.3, -0.25) is 4.79 Å². The highest BCUT2D eigenvalue weighted by Gasteiger charge is 2.32. The number of hydrogen-bond donors (Lipinski definition) is 1. The third-order valence-corrected chi connectivity index (χ3v) is 6.81. The fourth-order valence-electron chi connectivity index (χ4n) is 4.56. The van der Waals surface area contributed by atoms with E-state index in [2.05, 4.69) is 29.4 Å². The molecule has 1 aliphatic rings. The van der Waals surface area contributed by atoms with Crippen molar-refractivity contribution in [3.63, 3.8) is 0 Å². The molecule has 1 N–H and O–H groups in total. The van der Waals surface area contributed by atoms with Crippen LogP contribution >= 0.6 is 11.6 Å². The van der Waals surface area contributed by atoms with Crippen LogP contribution in [0.2, 0.25) is 5.15 Å². The first-order valence-electron chi connectivity index (χ1n) is 11.0. The van der Waals surface area contributed by atoms with Gasteiger partial charge in [0.05, 0.1) is 11.7 Å². The van der Waals surface area contributed by atoms with Gasteiger partial charge in [0.15, 0.2) is 0 Å². The first-order valence-corrected chi connectivity index (χ1v) is 11.4. The van der Waals surface area contributed by atoms with E-state index in [1.807, 2.05) is 36.1 Å². The van der Waals surface area contributed by atoms with Crippen molar-refractivity contribution < 1.29 is 9.18 Å². The van der Waals surface area contributed by atoms with E-state index in [0.29, 0.717) is 11.7 Å². The van der Waals surface area contributed by atoms with Crippen molar-refractivity contribution in [1.82, 2.24) is 9.88 Å². The second-order valence-corrected chi connectivity index (χ2v) is 8.63. The Kier molecular flexibility index (Phi) is 6.75. The van der Waals surface area contributed by atoms with Crippen molar-refractivity contribution in [1.29, 1.82) is 0 Å². The van der Waals surface area contributed by atoms with Crippen LogP contribution in [0, 0.1) is 12.7 Å². The Morgan fingerprint density at radius 1 is 1.22 bits per heavy atom. The normalized spacial score (nSPS) is 18.4. The summed E-state index contributed by atoms with van der Waals surface area (Å²) in [6.45, 7) is 4.69. The molecule has 6 heteroatoms. The first kappa shape index (κ1) is 22.3. The number of pyridine rings is 1. The van der Waals surface area contributed by atoms with Crippen LogP contribution < -0.4 is 5.32 Å². The highest BCUT2D eigenvalue weighted by atomic mass is 35.5. The number of carbonyl (C=O) groups excluding carboxylic acids is 1. The summed E-state index contributed by atoms with van der Waals surface area (Å²) in [4.78, 5) is 18.2. The third-order valence-electron chi connectivity index (χ3n) is 6.43. The smallest absolute Gasteiger partial charge is 0.210 e. The number of anilines is 2. The van der Waals surface area contributed by atoms with Crippen LogP contribution in [0.15, 0.2) is 54.7 Å². The number of rotatable bonds is 6. The Morgan fingerprint density at radius 3 is 2.69 bits per heavy atom. The number of nitrogens with one attached hydrogen (secondary N) is 1. The summed E-state index contributed by atoms with van der Waals surface area (Å²) in [5, 5.41) is 4.03. The summed E-state index contributed by atoms with van der Waals surface area (Å²) in [5.74, 6) is -0.0159. The summed E-state index contributed by atoms with van der Waals surface area (Å²) < 4.78 is 13.4. The second kappa shape index (κ2) is 9.70. The third kappa shape index (κ3) is 4.49. The Bertz CT molecular complexity index is 1100. The van der Waals surface area contributed by atoms with Crippen LogP contribution in [-0.2, 0) is 11.2 Å². The van der Waals surface area contributed by atoms with Crippen molar-refractivity contribution in [2.24, 2.45) is 0 Å². The van der Waals surface area contributed by atoms with Gasteiger partial charge < -0.3 is 10.2 Å². The largest absolute Gasteiger partial charge is 0.355 e. The lowest BCUT2D eigenvalue weighted by Gasteiger charge is -2.38. The molecular weight excluding hydrogens is 425 g/mol. The zero-order valence-corrected chi connectivity index (χ0v) is 19.1. The summed E-state index contributed by atoms with van der Waals surface area (Å²) in [6, 6.07) is 14.7. The van der Waals surface area contributed by atoms with E-state index in [1.165, 1.54) is 17.7 Å². The number of benzene rings is 2. The number of aryl methyl sites for hydroxylation is 1. The summed E-state index contributed by atoms with van der Waals surface area (Å²) in [7, 11) is 0. The molecule has 2 aromatic carbocycles. The van der Waals surface area contributed by atoms with E-state index in [-0.39, 0.29) is 17.8 Å². The van der Waals surface area contributed by atoms with Gasteiger partial charge in [-0.15, -0.1) is 0 Å². The second-order valence-electron chi connectivity index (χ2n) is 8.27. The van der Waals surface area contributed by atoms with Crippen LogP contribution in [0.3, 0.4) is 0 Å². The maximum atomic E-state index is 13.4. The quantitative estimate of drug-likeness (QED) is 0.340. The fraction of sp³-hybridized carbons (Fsp3) is 0.308. The molecule has 1 aromatic heterocycles. The molecular formula is C26H27ClFN3O. The van der Waals surface area contributed by atoms with Crippen LogP contribution in [0.4, 0.5) is 15.8 Å². The highest BCUT2D eigenvalue weighted by Crippen LogP contribution is 2.43. The minimum Gasteiger partial charge on any atom is -0.355 e. The average Bonchev–Trinajstić information content (AvgIpc) is 2.82. The van der Waals surface area contributed by atoms with Gasteiger partial charge in [-0.1, -0.05) is 48.9 Å². The van der Waals surface area contributed by atoms with Crippen molar-refractivity contribution in [3.05, 3.63) is 88.0 Å². The molecule has 1 saturated heterocycles. The van der Waals surface area contributed by atoms with Crippen molar-refractivity contribution in [2.45, 2.75) is 45.1 Å². The predicted molar refractivity (Wildman–Crippen MR) is 127 cm³/mol. The molecule has 0 saturated carbocycles. The highest BCUT2D eigenvalue weighted by molar-refractivity contribution is 6.30. The van der Waals surface area contributed by atoms with Crippen LogP contribution in [0.25, 0.3) is 0 Å². The monoisotopic (exact) mass is 451 g/mol. The summed E-state index contributed by atoms with van der Waals surface area (Å²) in [5.41, 5.74) is 5.99. The minimum absolute atomic E-state index is 0.156. The molecule has 2 unspecified atom stereocenters. The van der Waals surface area contributed by atoms with Gasteiger partial charge >= 0.3 is 0 Å². The number of piperidine rings is 1. The van der Waals surface area contributed by atoms with Gasteiger partial charge in [0.25, 0.3) is 0 Å². The van der Waals surface area contributed by atoms with Gasteiger partial charge in [0.2, 0.25) is 6.41 Å². The molecule has 4 rings (SSSR count). The molecule has 0 spiro atoms. The van der Waals surface area contributed by atoms with Gasteiger partial charge in [-0.05, 0) is 61.4 Å². The van der Waals surface area contributed by atoms with E-state index in [4.69, 9.17) is 11.6 Å². The van der Waals surface area contributed by atoms with Gasteiger partial charge in [0.1, 0.15) is 11.0 Å². The van der Waals surface area contributed by atoms with E-state index in [0.717, 1.165) is 53.7 Å². The molecule has 2 atom stereocenters. The van der Waals surface area contributed by atoms with Gasteiger partial charge in [-0.25, -0.2) is 9.37 Å². The zero-order valence-electron chi connectivity index (χ0n) is 18.3. The van der Waals surface area contributed by atoms with Crippen LogP contribution in [-0.4, -0.2) is 22.8 Å². The Balaban J connectivity index is 1.74. The van der Waals surface area contributed by atoms with E-state index in [1.54, 1.807) is 6.20 Å². The lowest BCUT2D eigenvalue weighted by atomic mass is 9.82. The Morgan fingerprint density at radius 2 is 1.97 bits per heavy atom. The lowest BCUT2D eigenvalue weighted by Crippen LogP contribution is -2.35. The number of para-hydroxylation sites is 1. The summed E-state index contributed by atoms with van der Waals surface area (Å²) >= 11 is 6.40. The summed E-state index contributed by atoms with van der Waals surface area (Å²) in [6.07, 6.45) is 5.16. The zero-order chi connectivity index (χ0) is 22.7. The predicted octanol–water partition coefficient (Wildman–Crippen LogP) is 6.57. The van der Waals surface area contributed by atoms with Crippen LogP contribution in [0.5, 0.6) is 0 Å². The molecule has 1 aliphatic heterocycles. The molecule has 4 nitrogen and oxygen atoms in total. The molecule has 0 aliphatic carbocycles. The molecule has 166 valence electrons. The molecule has 1 fully saturated rings. The topological polar surface area (TPSA) is 45.2 Å². The molecule has 3 aromatic rings. The maximum absolute atomic E-state index is 13.4. The molecule has 2 heterocycles. The molecule has 1 amide bonds. The SMILES string of the molecule is CCc1ccccc1Nc1c(C2CC(c3ccc(F)cc3)CCN2C=O)cnc(Cl)c1C. The minimum atomic E-state index is -0.241. The van der Waals surface area contributed by atoms with Gasteiger partial charge in [-0.2, -0.15) is 0 Å². The number of carbonyl (C=O) groups is 1. The molecule has 0 bridgehead atoms. The Labute approximate surface area is 193 Å². The average molecular weight is 452 g/mol. The number of halogens is 2. The Hall–Kier alpha value is -2.92. The fourth-order valence-corrected chi connectivity index (χ4v) is 4.71. The number of nitrogens with zero attached hydrogens (tertiary/aromatic N) is 2. The number of hydrogen-bond acceptors (Lipinski definition) is 3. The van der Waals surface area contributed by atoms with E-state index in [9.17, 15) is 9.18 Å². The first-order chi connectivity index (χ1) is 15.5. The van der Waals surface area contributed by atoms with Crippen molar-refractivity contribution in [2.75, 3.05) is 11.9 Å². The maximum Gasteiger partial charge on any atom is 0.210 e. The standard InChI is InChI=1S/C26H27ClFN3O/c1-3-18-6-4-5-7-23(18)30-25-17(2)26(27)29-15-22(25)24-14-20(12-13-31(24)16-32)19-8-10-21(28)11-9-19/h4-11,15-16,20,24H,3,12-14H2,1-2H3,(H,29,30). The van der Waals surface area contributed by atoms with Crippen molar-refractivity contribution >= 4 is 29.4 Å². The van der Waals surface area contributed by atoms with Crippen molar-refractivity contribution in [3.8, 4) is 0 Å². The lowest BCUT2D eigenvalue weighted by molar-refractivity contribution is -0.121. The van der Waals surface area contributed by atoms with Crippen LogP contribution in [0.1, 0.15) is 54.0 Å². The van der Waals surface area contributed by atoms with E-state index < -0.39 is 0 Å².